The number of urea groups is 1. The molecule has 2 amide bonds. The molecule has 63 valence electrons. The molecule has 3 N–H and O–H groups in total. The molecule has 11 heavy (non-hydrogen) atoms. The zero-order chi connectivity index (χ0) is 9.28. The number of ether oxygens (including phenoxy) is 1. The summed E-state index contributed by atoms with van der Waals surface area (Å²) < 4.78 is 4.83. The Balaban J connectivity index is 0. The van der Waals surface area contributed by atoms with E-state index in [0.29, 0.717) is 31.4 Å². The Morgan fingerprint density at radius 1 is 1.82 bits per heavy atom. The summed E-state index contributed by atoms with van der Waals surface area (Å²) in [6, 6.07) is -0.515. The number of primary amides is 1. The topological polar surface area (TPSA) is 64.3 Å². The van der Waals surface area contributed by atoms with Crippen LogP contribution in [0.25, 0.3) is 0 Å². The van der Waals surface area contributed by atoms with E-state index in [-0.39, 0.29) is 6.10 Å². The Morgan fingerprint density at radius 3 is 2.55 bits per heavy atom. The Hall–Kier alpha value is 0.455. The van der Waals surface area contributed by atoms with Crippen LogP contribution in [-0.2, 0) is 29.6 Å². The molecule has 0 aliphatic carbocycles. The van der Waals surface area contributed by atoms with E-state index in [4.69, 9.17) is 18.7 Å². The Labute approximate surface area is 86.2 Å². The molecular weight excluding hydrogens is 356 g/mol. The molecule has 0 aliphatic rings. The van der Waals surface area contributed by atoms with Gasteiger partial charge in [0.15, 0.2) is 0 Å². The van der Waals surface area contributed by atoms with Gasteiger partial charge in [-0.1, -0.05) is 0 Å². The van der Waals surface area contributed by atoms with Crippen molar-refractivity contribution >= 4 is 14.3 Å². The minimum atomic E-state index is -0.515. The van der Waals surface area contributed by atoms with Gasteiger partial charge in [-0.15, -0.1) is 0 Å². The molecule has 0 heterocycles. The van der Waals surface area contributed by atoms with E-state index >= 15 is 0 Å². The van der Waals surface area contributed by atoms with Gasteiger partial charge >= 0.3 is 39.2 Å². The van der Waals surface area contributed by atoms with E-state index in [9.17, 15) is 4.79 Å². The summed E-state index contributed by atoms with van der Waals surface area (Å²) in [5.74, 6) is 0. The molecule has 1 unspecified atom stereocenters. The number of amides is 2. The monoisotopic (exact) mass is 369 g/mol. The summed E-state index contributed by atoms with van der Waals surface area (Å²) in [4.78, 5) is 10.1. The summed E-state index contributed by atoms with van der Waals surface area (Å²) in [6.07, 6.45) is 0.0255. The van der Waals surface area contributed by atoms with Crippen LogP contribution in [-0.4, -0.2) is 25.8 Å². The first kappa shape index (κ1) is 14.0. The molecule has 0 aromatic heterocycles. The van der Waals surface area contributed by atoms with Gasteiger partial charge in [-0.2, -0.15) is 0 Å². The summed E-state index contributed by atoms with van der Waals surface area (Å²) >= 11 is 0.500. The van der Waals surface area contributed by atoms with Crippen molar-refractivity contribution < 1.29 is 34.4 Å². The van der Waals surface area contributed by atoms with Crippen LogP contribution in [0.2, 0.25) is 0 Å². The molecule has 0 saturated heterocycles. The molecule has 0 aromatic rings. The van der Waals surface area contributed by atoms with Crippen LogP contribution >= 0.6 is 8.25 Å². The third kappa shape index (κ3) is 13.4. The van der Waals surface area contributed by atoms with E-state index in [0.717, 1.165) is 0 Å². The number of rotatable bonds is 3. The second kappa shape index (κ2) is 10.5. The molecule has 0 rings (SSSR count). The first-order valence-corrected chi connectivity index (χ1v) is 9.76. The maximum absolute atomic E-state index is 10.1. The van der Waals surface area contributed by atoms with Crippen molar-refractivity contribution in [1.29, 1.82) is 0 Å². The van der Waals surface area contributed by atoms with Gasteiger partial charge in [-0.05, 0) is 6.92 Å². The fourth-order valence-corrected chi connectivity index (χ4v) is 0.328. The summed E-state index contributed by atoms with van der Waals surface area (Å²) in [6.45, 7) is 2.31. The number of carbonyl (C=O) groups excluding carboxylic acids is 1. The van der Waals surface area contributed by atoms with E-state index in [2.05, 4.69) is 5.32 Å². The van der Waals surface area contributed by atoms with Crippen molar-refractivity contribution in [1.82, 2.24) is 5.32 Å². The van der Waals surface area contributed by atoms with Crippen LogP contribution in [0.5, 0.6) is 0 Å². The van der Waals surface area contributed by atoms with Crippen molar-refractivity contribution in [2.45, 2.75) is 13.0 Å². The molecule has 0 aliphatic heterocycles. The third-order valence-electron chi connectivity index (χ3n) is 0.966. The number of methoxy groups -OCH3 is 1. The number of carbonyl (C=O) groups is 1. The van der Waals surface area contributed by atoms with E-state index in [1.165, 1.54) is 0 Å². The molecule has 1 atom stereocenters. The minimum absolute atomic E-state index is 0.0255. The van der Waals surface area contributed by atoms with Gasteiger partial charge in [0.1, 0.15) is 0 Å². The van der Waals surface area contributed by atoms with Crippen molar-refractivity contribution in [3.05, 3.63) is 0 Å². The molecule has 0 radical (unpaired) electrons. The Bertz CT molecular complexity index is 104. The Morgan fingerprint density at radius 2 is 2.27 bits per heavy atom. The van der Waals surface area contributed by atoms with E-state index < -0.39 is 6.03 Å². The van der Waals surface area contributed by atoms with Gasteiger partial charge < -0.3 is 15.8 Å². The van der Waals surface area contributed by atoms with E-state index in [1.54, 1.807) is 7.11 Å². The average Bonchev–Trinajstić information content (AvgIpc) is 2.04. The fourth-order valence-electron chi connectivity index (χ4n) is 0.328. The van der Waals surface area contributed by atoms with Crippen molar-refractivity contribution in [3.8, 4) is 0 Å². The molecule has 0 bridgehead atoms. The second-order valence-electron chi connectivity index (χ2n) is 1.79. The number of nitrogens with two attached hydrogens (primary N) is 1. The third-order valence-corrected chi connectivity index (χ3v) is 0.966. The van der Waals surface area contributed by atoms with Crippen LogP contribution < -0.4 is 11.1 Å². The number of hydrogen-bond donors (Lipinski definition) is 2. The van der Waals surface area contributed by atoms with Crippen molar-refractivity contribution in [2.24, 2.45) is 5.73 Å². The van der Waals surface area contributed by atoms with Gasteiger partial charge in [0.05, 0.1) is 6.10 Å². The molecule has 0 saturated carbocycles. The van der Waals surface area contributed by atoms with Gasteiger partial charge in [0.25, 0.3) is 0 Å². The quantitative estimate of drug-likeness (QED) is 0.708. The van der Waals surface area contributed by atoms with Crippen molar-refractivity contribution in [3.63, 3.8) is 0 Å². The zero-order valence-electron chi connectivity index (χ0n) is 6.76. The SMILES string of the molecule is COC(C)CNC(N)=O.[Cl][Hg]. The predicted octanol–water partition coefficient (Wildman–Crippen LogP) is 0.377. The molecule has 0 aromatic carbocycles. The molecule has 6 heteroatoms. The van der Waals surface area contributed by atoms with Gasteiger partial charge in [-0.3, -0.25) is 0 Å². The van der Waals surface area contributed by atoms with Gasteiger partial charge in [-0.25, -0.2) is 4.79 Å². The van der Waals surface area contributed by atoms with Crippen LogP contribution in [0.3, 0.4) is 0 Å². The summed E-state index contributed by atoms with van der Waals surface area (Å²) in [5.41, 5.74) is 4.79. The van der Waals surface area contributed by atoms with E-state index in [1.807, 2.05) is 6.92 Å². The van der Waals surface area contributed by atoms with Crippen LogP contribution in [0.4, 0.5) is 4.79 Å². The number of nitrogens with one attached hydrogen (secondary N) is 1. The maximum atomic E-state index is 10.1. The zero-order valence-corrected chi connectivity index (χ0v) is 13.0. The van der Waals surface area contributed by atoms with Crippen LogP contribution in [0, 0.1) is 0 Å². The standard InChI is InChI=1S/C5H12N2O2.ClH.Hg/c1-4(9-2)3-7-5(6)8;;/h4H,3H2,1-2H3,(H3,6,7,8);1H;/q;;+1/p-1. The van der Waals surface area contributed by atoms with Crippen LogP contribution in [0.15, 0.2) is 0 Å². The normalized spacial score (nSPS) is 11.0. The van der Waals surface area contributed by atoms with Gasteiger partial charge in [0, 0.05) is 13.7 Å². The molecule has 0 fully saturated rings. The second-order valence-corrected chi connectivity index (χ2v) is 1.79. The number of halogens is 1. The number of hydrogen-bond acceptors (Lipinski definition) is 2. The van der Waals surface area contributed by atoms with Crippen LogP contribution in [0.1, 0.15) is 6.92 Å². The summed E-state index contributed by atoms with van der Waals surface area (Å²) in [7, 11) is 6.41. The summed E-state index contributed by atoms with van der Waals surface area (Å²) in [5, 5.41) is 2.41. The fraction of sp³-hybridized carbons (Fsp3) is 0.800. The van der Waals surface area contributed by atoms with Crippen molar-refractivity contribution in [2.75, 3.05) is 13.7 Å². The molecule has 0 spiro atoms. The first-order valence-electron chi connectivity index (χ1n) is 2.99. The Kier molecular flexibility index (Phi) is 13.3. The first-order chi connectivity index (χ1) is 5.16. The predicted molar refractivity (Wildman–Crippen MR) is 39.9 cm³/mol. The van der Waals surface area contributed by atoms with Gasteiger partial charge in [0.2, 0.25) is 0 Å². The average molecular weight is 368 g/mol. The molecular formula is C5H12ClHgN2O2. The molecule has 4 nitrogen and oxygen atoms in total.